The van der Waals surface area contributed by atoms with E-state index in [1.54, 1.807) is 0 Å². The minimum absolute atomic E-state index is 0.171. The first-order valence-electron chi connectivity index (χ1n) is 9.77. The summed E-state index contributed by atoms with van der Waals surface area (Å²) >= 11 is 5.45. The number of aromatic nitrogens is 2. The predicted molar refractivity (Wildman–Crippen MR) is 123 cm³/mol. The lowest BCUT2D eigenvalue weighted by atomic mass is 10.1. The predicted octanol–water partition coefficient (Wildman–Crippen LogP) is -2.02. The highest BCUT2D eigenvalue weighted by Crippen LogP contribution is 2.05. The molecule has 184 valence electrons. The minimum Gasteiger partial charge on any atom is -0.481 e. The number of carbonyl (C=O) groups is 5. The second-order valence-corrected chi connectivity index (χ2v) is 8.32. The molecule has 1 aromatic rings. The molecule has 1 aromatic heterocycles. The third-order valence-electron chi connectivity index (χ3n) is 4.38. The minimum atomic E-state index is -1.68. The molecule has 3 amide bonds. The van der Waals surface area contributed by atoms with E-state index in [2.05, 4.69) is 38.5 Å². The Kier molecular flexibility index (Phi) is 12.3. The Morgan fingerprint density at radius 1 is 1.09 bits per heavy atom. The molecule has 13 nitrogen and oxygen atoms in total. The van der Waals surface area contributed by atoms with Crippen LogP contribution in [0.4, 0.5) is 0 Å². The van der Waals surface area contributed by atoms with E-state index in [-0.39, 0.29) is 18.6 Å². The maximum atomic E-state index is 12.8. The van der Waals surface area contributed by atoms with E-state index in [0.717, 1.165) is 0 Å². The average Bonchev–Trinajstić information content (AvgIpc) is 3.26. The highest BCUT2D eigenvalue weighted by molar-refractivity contribution is 7.98. The fourth-order valence-corrected chi connectivity index (χ4v) is 3.35. The number of nitrogens with zero attached hydrogens (tertiary/aromatic N) is 1. The SMILES string of the molecule is CSCCC(NC(=O)C(N)Cc1cnc[nH]1)C(=O)NC(CS)C(=O)NC(CC(=O)O)C(=O)O. The van der Waals surface area contributed by atoms with Gasteiger partial charge in [-0.25, -0.2) is 9.78 Å². The maximum absolute atomic E-state index is 12.8. The van der Waals surface area contributed by atoms with E-state index in [1.165, 1.54) is 24.3 Å². The van der Waals surface area contributed by atoms with Crippen LogP contribution in [0.1, 0.15) is 18.5 Å². The number of carbonyl (C=O) groups excluding carboxylic acids is 3. The molecule has 0 aliphatic carbocycles. The third kappa shape index (κ3) is 10.1. The number of aliphatic carboxylic acids is 2. The van der Waals surface area contributed by atoms with E-state index >= 15 is 0 Å². The molecule has 4 unspecified atom stereocenters. The number of thioether (sulfide) groups is 1. The molecular formula is C18H28N6O7S2. The first-order valence-corrected chi connectivity index (χ1v) is 11.8. The van der Waals surface area contributed by atoms with Gasteiger partial charge in [0.05, 0.1) is 18.8 Å². The Labute approximate surface area is 199 Å². The molecule has 0 bridgehead atoms. The summed E-state index contributed by atoms with van der Waals surface area (Å²) in [5.41, 5.74) is 6.55. The van der Waals surface area contributed by atoms with Crippen molar-refractivity contribution in [3.05, 3.63) is 18.2 Å². The normalized spacial score (nSPS) is 14.4. The standard InChI is InChI=1S/C18H28N6O7S2/c1-33-3-2-11(22-15(27)10(19)4-9-6-20-8-21-9)16(28)24-13(7-32)17(29)23-12(18(30)31)5-14(25)26/h6,8,10-13,32H,2-5,7,19H2,1H3,(H,20,21)(H,22,27)(H,23,29)(H,24,28)(H,25,26)(H,30,31). The molecule has 0 saturated carbocycles. The summed E-state index contributed by atoms with van der Waals surface area (Å²) in [4.78, 5) is 66.3. The third-order valence-corrected chi connectivity index (χ3v) is 5.39. The van der Waals surface area contributed by atoms with E-state index in [1.807, 2.05) is 6.26 Å². The van der Waals surface area contributed by atoms with Crippen molar-refractivity contribution >= 4 is 54.1 Å². The van der Waals surface area contributed by atoms with Crippen LogP contribution in [0, 0.1) is 0 Å². The average molecular weight is 505 g/mol. The highest BCUT2D eigenvalue weighted by Gasteiger charge is 2.30. The van der Waals surface area contributed by atoms with Crippen LogP contribution in [0.5, 0.6) is 0 Å². The summed E-state index contributed by atoms with van der Waals surface area (Å²) in [6, 6.07) is -4.90. The fraction of sp³-hybridized carbons (Fsp3) is 0.556. The number of aromatic amines is 1. The lowest BCUT2D eigenvalue weighted by molar-refractivity contribution is -0.147. The molecule has 1 rings (SSSR count). The molecule has 0 radical (unpaired) electrons. The number of hydrogen-bond acceptors (Lipinski definition) is 9. The lowest BCUT2D eigenvalue weighted by Gasteiger charge is -2.24. The molecule has 1 heterocycles. The van der Waals surface area contributed by atoms with Crippen LogP contribution in [0.3, 0.4) is 0 Å². The van der Waals surface area contributed by atoms with Gasteiger partial charge in [0.15, 0.2) is 0 Å². The molecule has 4 atom stereocenters. The van der Waals surface area contributed by atoms with Crippen molar-refractivity contribution in [2.24, 2.45) is 5.73 Å². The van der Waals surface area contributed by atoms with Gasteiger partial charge in [-0.05, 0) is 18.4 Å². The monoisotopic (exact) mass is 504 g/mol. The number of amides is 3. The smallest absolute Gasteiger partial charge is 0.326 e. The van der Waals surface area contributed by atoms with E-state index < -0.39 is 60.2 Å². The number of nitrogens with two attached hydrogens (primary N) is 1. The van der Waals surface area contributed by atoms with Crippen molar-refractivity contribution in [1.29, 1.82) is 0 Å². The van der Waals surface area contributed by atoms with Crippen molar-refractivity contribution < 1.29 is 34.2 Å². The number of imidazole rings is 1. The second kappa shape index (κ2) is 14.4. The summed E-state index contributed by atoms with van der Waals surface area (Å²) < 4.78 is 0. The molecular weight excluding hydrogens is 476 g/mol. The zero-order valence-corrected chi connectivity index (χ0v) is 19.5. The fourth-order valence-electron chi connectivity index (χ4n) is 2.62. The molecule has 33 heavy (non-hydrogen) atoms. The van der Waals surface area contributed by atoms with Crippen molar-refractivity contribution in [2.45, 2.75) is 43.4 Å². The Morgan fingerprint density at radius 3 is 2.21 bits per heavy atom. The summed E-state index contributed by atoms with van der Waals surface area (Å²) in [5.74, 6) is -4.81. The van der Waals surface area contributed by atoms with Crippen molar-refractivity contribution in [2.75, 3.05) is 17.8 Å². The lowest BCUT2D eigenvalue weighted by Crippen LogP contribution is -2.58. The molecule has 15 heteroatoms. The van der Waals surface area contributed by atoms with Gasteiger partial charge in [-0.15, -0.1) is 0 Å². The van der Waals surface area contributed by atoms with Crippen LogP contribution in [0.2, 0.25) is 0 Å². The first-order chi connectivity index (χ1) is 15.6. The molecule has 8 N–H and O–H groups in total. The van der Waals surface area contributed by atoms with Crippen LogP contribution in [-0.4, -0.2) is 91.8 Å². The van der Waals surface area contributed by atoms with Gasteiger partial charge in [-0.2, -0.15) is 24.4 Å². The number of nitrogens with one attached hydrogen (secondary N) is 4. The number of carboxylic acids is 2. The number of rotatable bonds is 15. The summed E-state index contributed by atoms with van der Waals surface area (Å²) in [7, 11) is 0. The topological polar surface area (TPSA) is 217 Å². The summed E-state index contributed by atoms with van der Waals surface area (Å²) in [5, 5.41) is 24.9. The van der Waals surface area contributed by atoms with Crippen LogP contribution >= 0.6 is 24.4 Å². The zero-order valence-electron chi connectivity index (χ0n) is 17.8. The maximum Gasteiger partial charge on any atom is 0.326 e. The molecule has 0 saturated heterocycles. The Morgan fingerprint density at radius 2 is 1.70 bits per heavy atom. The molecule has 0 aromatic carbocycles. The van der Waals surface area contributed by atoms with Gasteiger partial charge < -0.3 is 36.9 Å². The number of H-pyrrole nitrogens is 1. The summed E-state index contributed by atoms with van der Waals surface area (Å²) in [6.45, 7) is 0. The molecule has 0 fully saturated rings. The zero-order chi connectivity index (χ0) is 25.0. The van der Waals surface area contributed by atoms with E-state index in [9.17, 15) is 24.0 Å². The molecule has 0 aliphatic rings. The van der Waals surface area contributed by atoms with Gasteiger partial charge in [0.25, 0.3) is 0 Å². The van der Waals surface area contributed by atoms with Gasteiger partial charge in [0.1, 0.15) is 18.1 Å². The van der Waals surface area contributed by atoms with Gasteiger partial charge in [-0.1, -0.05) is 0 Å². The Hall–Kier alpha value is -2.78. The second-order valence-electron chi connectivity index (χ2n) is 6.97. The summed E-state index contributed by atoms with van der Waals surface area (Å²) in [6.07, 6.45) is 4.37. The molecule has 0 aliphatic heterocycles. The number of carboxylic acid groups (broad SMARTS) is 2. The van der Waals surface area contributed by atoms with E-state index in [0.29, 0.717) is 11.4 Å². The highest BCUT2D eigenvalue weighted by atomic mass is 32.2. The van der Waals surface area contributed by atoms with Crippen LogP contribution in [0.25, 0.3) is 0 Å². The Balaban J connectivity index is 2.80. The largest absolute Gasteiger partial charge is 0.481 e. The van der Waals surface area contributed by atoms with Crippen molar-refractivity contribution in [1.82, 2.24) is 25.9 Å². The van der Waals surface area contributed by atoms with Gasteiger partial charge in [-0.3, -0.25) is 19.2 Å². The number of thiol groups is 1. The van der Waals surface area contributed by atoms with Gasteiger partial charge in [0.2, 0.25) is 17.7 Å². The van der Waals surface area contributed by atoms with Crippen LogP contribution in [-0.2, 0) is 30.4 Å². The van der Waals surface area contributed by atoms with Crippen molar-refractivity contribution in [3.63, 3.8) is 0 Å². The molecule has 0 spiro atoms. The van der Waals surface area contributed by atoms with Crippen LogP contribution < -0.4 is 21.7 Å². The van der Waals surface area contributed by atoms with Crippen LogP contribution in [0.15, 0.2) is 12.5 Å². The Bertz CT molecular complexity index is 823. The van der Waals surface area contributed by atoms with E-state index in [4.69, 9.17) is 15.9 Å². The first kappa shape index (κ1) is 28.3. The number of hydrogen-bond donors (Lipinski definition) is 8. The quantitative estimate of drug-likeness (QED) is 0.123. The van der Waals surface area contributed by atoms with Gasteiger partial charge in [0, 0.05) is 24.1 Å². The van der Waals surface area contributed by atoms with Gasteiger partial charge >= 0.3 is 11.9 Å². The van der Waals surface area contributed by atoms with Crippen molar-refractivity contribution in [3.8, 4) is 0 Å².